The first-order chi connectivity index (χ1) is 17.1. The zero-order chi connectivity index (χ0) is 25.9. The van der Waals surface area contributed by atoms with Crippen molar-refractivity contribution in [3.05, 3.63) is 76.7 Å². The molecule has 1 amide bonds. The fourth-order valence-electron chi connectivity index (χ4n) is 4.12. The van der Waals surface area contributed by atoms with Crippen molar-refractivity contribution in [3.63, 3.8) is 0 Å². The quantitative estimate of drug-likeness (QED) is 0.519. The fourth-order valence-corrected chi connectivity index (χ4v) is 4.75. The van der Waals surface area contributed by atoms with E-state index in [-0.39, 0.29) is 16.6 Å². The topological polar surface area (TPSA) is 106 Å². The zero-order valence-electron chi connectivity index (χ0n) is 20.6. The van der Waals surface area contributed by atoms with E-state index >= 15 is 0 Å². The summed E-state index contributed by atoms with van der Waals surface area (Å²) in [6, 6.07) is 15.4. The van der Waals surface area contributed by atoms with Crippen molar-refractivity contribution in [2.45, 2.75) is 43.6 Å². The lowest BCUT2D eigenvalue weighted by atomic mass is 10.0. The number of aromatic amines is 1. The number of hydrogen-bond donors (Lipinski definition) is 1. The minimum Gasteiger partial charge on any atom is -0.489 e. The number of piperidine rings is 1. The van der Waals surface area contributed by atoms with Gasteiger partial charge in [0.25, 0.3) is 5.56 Å². The molecule has 0 radical (unpaired) electrons. The van der Waals surface area contributed by atoms with Gasteiger partial charge in [-0.1, -0.05) is 38.1 Å². The number of likely N-dealkylation sites (tertiary alicyclic amines) is 1. The largest absolute Gasteiger partial charge is 0.489 e. The number of aromatic nitrogens is 1. The number of rotatable bonds is 6. The molecule has 9 heteroatoms. The molecule has 190 valence electrons. The number of nitrogens with one attached hydrogen (secondary N) is 1. The molecule has 1 aliphatic rings. The van der Waals surface area contributed by atoms with E-state index in [1.807, 2.05) is 12.1 Å². The molecule has 8 nitrogen and oxygen atoms in total. The Hall–Kier alpha value is -3.59. The van der Waals surface area contributed by atoms with Crippen LogP contribution in [0.3, 0.4) is 0 Å². The second kappa shape index (κ2) is 10.6. The summed E-state index contributed by atoms with van der Waals surface area (Å²) >= 11 is 0. The van der Waals surface area contributed by atoms with Crippen LogP contribution in [0.15, 0.2) is 70.5 Å². The normalized spacial score (nSPS) is 14.6. The molecule has 0 aliphatic carbocycles. The second-order valence-electron chi connectivity index (χ2n) is 9.24. The molecule has 36 heavy (non-hydrogen) atoms. The van der Waals surface area contributed by atoms with Crippen LogP contribution in [-0.4, -0.2) is 49.8 Å². The summed E-state index contributed by atoms with van der Waals surface area (Å²) in [7, 11) is -3.34. The number of nitrogens with zero attached hydrogens (tertiary/aromatic N) is 1. The van der Waals surface area contributed by atoms with Crippen LogP contribution >= 0.6 is 0 Å². The number of H-pyrrole nitrogens is 1. The van der Waals surface area contributed by atoms with Crippen molar-refractivity contribution in [1.82, 2.24) is 9.88 Å². The SMILES string of the molecule is CC(C)c1ccc(OC(=O)N2CCC(Oc3cc[nH]c(=O)c3-c3ccc(S(C)(=O)=O)cc3)CC2)cc1. The van der Waals surface area contributed by atoms with Gasteiger partial charge in [-0.25, -0.2) is 13.2 Å². The number of amides is 1. The standard InChI is InChI=1S/C27H30N2O6S/c1-18(2)19-4-8-21(9-5-19)35-27(31)29-16-13-22(14-17-29)34-24-12-15-28-26(30)25(24)20-6-10-23(11-7-20)36(3,32)33/h4-12,15,18,22H,13-14,16-17H2,1-3H3,(H,28,30). The van der Waals surface area contributed by atoms with Gasteiger partial charge in [0.1, 0.15) is 17.6 Å². The predicted molar refractivity (Wildman–Crippen MR) is 137 cm³/mol. The first-order valence-electron chi connectivity index (χ1n) is 11.9. The monoisotopic (exact) mass is 510 g/mol. The van der Waals surface area contributed by atoms with Gasteiger partial charge in [-0.15, -0.1) is 0 Å². The minimum absolute atomic E-state index is 0.177. The maximum atomic E-state index is 12.6. The van der Waals surface area contributed by atoms with E-state index < -0.39 is 15.9 Å². The molecule has 2 aromatic carbocycles. The molecule has 0 saturated carbocycles. The first kappa shape index (κ1) is 25.5. The lowest BCUT2D eigenvalue weighted by molar-refractivity contribution is 0.0932. The maximum absolute atomic E-state index is 12.6. The van der Waals surface area contributed by atoms with E-state index in [0.29, 0.717) is 54.5 Å². The summed E-state index contributed by atoms with van der Waals surface area (Å²) < 4.78 is 35.2. The summed E-state index contributed by atoms with van der Waals surface area (Å²) in [5.74, 6) is 1.33. The van der Waals surface area contributed by atoms with Crippen LogP contribution in [0.25, 0.3) is 11.1 Å². The maximum Gasteiger partial charge on any atom is 0.415 e. The highest BCUT2D eigenvalue weighted by Crippen LogP contribution is 2.29. The van der Waals surface area contributed by atoms with Crippen LogP contribution in [0.1, 0.15) is 38.2 Å². The smallest absolute Gasteiger partial charge is 0.415 e. The van der Waals surface area contributed by atoms with Gasteiger partial charge in [-0.3, -0.25) is 4.79 Å². The van der Waals surface area contributed by atoms with Crippen molar-refractivity contribution >= 4 is 15.9 Å². The highest BCUT2D eigenvalue weighted by molar-refractivity contribution is 7.90. The van der Waals surface area contributed by atoms with Gasteiger partial charge in [0.15, 0.2) is 9.84 Å². The number of carbonyl (C=O) groups excluding carboxylic acids is 1. The predicted octanol–water partition coefficient (Wildman–Crippen LogP) is 4.61. The molecule has 0 atom stereocenters. The van der Waals surface area contributed by atoms with Gasteiger partial charge >= 0.3 is 6.09 Å². The number of ether oxygens (including phenoxy) is 2. The first-order valence-corrected chi connectivity index (χ1v) is 13.8. The average Bonchev–Trinajstić information content (AvgIpc) is 2.84. The lowest BCUT2D eigenvalue weighted by Gasteiger charge is -2.31. The molecular formula is C27H30N2O6S. The van der Waals surface area contributed by atoms with Gasteiger partial charge in [-0.2, -0.15) is 0 Å². The van der Waals surface area contributed by atoms with Gasteiger partial charge in [-0.05, 0) is 47.4 Å². The summed E-state index contributed by atoms with van der Waals surface area (Å²) in [5, 5.41) is 0. The van der Waals surface area contributed by atoms with Crippen molar-refractivity contribution in [1.29, 1.82) is 0 Å². The highest BCUT2D eigenvalue weighted by Gasteiger charge is 2.26. The highest BCUT2D eigenvalue weighted by atomic mass is 32.2. The van der Waals surface area contributed by atoms with E-state index in [0.717, 1.165) is 6.26 Å². The van der Waals surface area contributed by atoms with Crippen LogP contribution < -0.4 is 15.0 Å². The number of sulfone groups is 1. The molecule has 1 saturated heterocycles. The average molecular weight is 511 g/mol. The number of pyridine rings is 1. The summed E-state index contributed by atoms with van der Waals surface area (Å²) in [6.45, 7) is 5.15. The van der Waals surface area contributed by atoms with Crippen molar-refractivity contribution in [2.75, 3.05) is 19.3 Å². The van der Waals surface area contributed by atoms with E-state index in [1.165, 1.54) is 23.9 Å². The Kier molecular flexibility index (Phi) is 7.49. The molecule has 1 fully saturated rings. The molecule has 4 rings (SSSR count). The van der Waals surface area contributed by atoms with Crippen LogP contribution in [0, 0.1) is 0 Å². The van der Waals surface area contributed by atoms with Crippen molar-refractivity contribution in [3.8, 4) is 22.6 Å². The Balaban J connectivity index is 1.40. The van der Waals surface area contributed by atoms with Crippen LogP contribution in [0.2, 0.25) is 0 Å². The summed E-state index contributed by atoms with van der Waals surface area (Å²) in [6.07, 6.45) is 3.24. The Bertz CT molecular complexity index is 1370. The van der Waals surface area contributed by atoms with E-state index in [4.69, 9.17) is 9.47 Å². The van der Waals surface area contributed by atoms with Crippen molar-refractivity contribution in [2.24, 2.45) is 0 Å². The second-order valence-corrected chi connectivity index (χ2v) is 11.3. The minimum atomic E-state index is -3.34. The van der Waals surface area contributed by atoms with Crippen LogP contribution in [0.5, 0.6) is 11.5 Å². The zero-order valence-corrected chi connectivity index (χ0v) is 21.4. The van der Waals surface area contributed by atoms with Gasteiger partial charge in [0.05, 0.1) is 10.5 Å². The number of carbonyl (C=O) groups is 1. The third-order valence-corrected chi connectivity index (χ3v) is 7.37. The molecule has 1 aliphatic heterocycles. The van der Waals surface area contributed by atoms with E-state index in [9.17, 15) is 18.0 Å². The van der Waals surface area contributed by atoms with Crippen LogP contribution in [0.4, 0.5) is 4.79 Å². The Morgan fingerprint density at radius 3 is 2.22 bits per heavy atom. The molecular weight excluding hydrogens is 480 g/mol. The molecule has 0 unspecified atom stereocenters. The third-order valence-electron chi connectivity index (χ3n) is 6.24. The summed E-state index contributed by atoms with van der Waals surface area (Å²) in [4.78, 5) is 29.7. The summed E-state index contributed by atoms with van der Waals surface area (Å²) in [5.41, 5.74) is 1.75. The molecule has 1 aromatic heterocycles. The van der Waals surface area contributed by atoms with Gasteiger partial charge in [0, 0.05) is 38.4 Å². The van der Waals surface area contributed by atoms with E-state index in [2.05, 4.69) is 18.8 Å². The Morgan fingerprint density at radius 1 is 1.00 bits per heavy atom. The third kappa shape index (κ3) is 5.96. The van der Waals surface area contributed by atoms with Gasteiger partial charge in [0.2, 0.25) is 0 Å². The Morgan fingerprint density at radius 2 is 1.64 bits per heavy atom. The number of hydrogen-bond acceptors (Lipinski definition) is 6. The van der Waals surface area contributed by atoms with E-state index in [1.54, 1.807) is 35.2 Å². The molecule has 3 aromatic rings. The molecule has 0 spiro atoms. The fraction of sp³-hybridized carbons (Fsp3) is 0.333. The molecule has 0 bridgehead atoms. The Labute approximate surface area is 210 Å². The lowest BCUT2D eigenvalue weighted by Crippen LogP contribution is -2.43. The van der Waals surface area contributed by atoms with Gasteiger partial charge < -0.3 is 19.4 Å². The molecule has 2 heterocycles. The van der Waals surface area contributed by atoms with Crippen molar-refractivity contribution < 1.29 is 22.7 Å². The van der Waals surface area contributed by atoms with Crippen LogP contribution in [-0.2, 0) is 9.84 Å². The molecule has 1 N–H and O–H groups in total. The number of benzene rings is 2.